The molecule has 0 fully saturated rings. The van der Waals surface area contributed by atoms with Crippen LogP contribution >= 0.6 is 11.6 Å². The Morgan fingerprint density at radius 2 is 1.78 bits per heavy atom. The van der Waals surface area contributed by atoms with Crippen molar-refractivity contribution >= 4 is 11.6 Å². The molecule has 0 unspecified atom stereocenters. The molecule has 0 saturated heterocycles. The van der Waals surface area contributed by atoms with Gasteiger partial charge in [0.15, 0.2) is 0 Å². The zero-order chi connectivity index (χ0) is 16.9. The number of ether oxygens (including phenoxy) is 1. The van der Waals surface area contributed by atoms with Crippen LogP contribution in [0.2, 0.25) is 5.02 Å². The van der Waals surface area contributed by atoms with Gasteiger partial charge in [-0.2, -0.15) is 0 Å². The maximum absolute atomic E-state index is 9.58. The third kappa shape index (κ3) is 4.38. The molecule has 0 aliphatic rings. The number of hydrogen-bond acceptors (Lipinski definition) is 4. The van der Waals surface area contributed by atoms with Gasteiger partial charge in [0.05, 0.1) is 11.6 Å². The van der Waals surface area contributed by atoms with E-state index in [2.05, 4.69) is 31.4 Å². The van der Waals surface area contributed by atoms with Crippen LogP contribution in [-0.4, -0.2) is 18.3 Å². The van der Waals surface area contributed by atoms with Crippen LogP contribution in [0, 0.1) is 0 Å². The smallest absolute Gasteiger partial charge is 0.134 e. The van der Waals surface area contributed by atoms with E-state index in [1.165, 1.54) is 0 Å². The Morgan fingerprint density at radius 3 is 2.39 bits per heavy atom. The number of nitrogens with one attached hydrogen (secondary N) is 1. The van der Waals surface area contributed by atoms with Crippen LogP contribution in [-0.2, 0) is 5.41 Å². The average molecular weight is 335 g/mol. The molecule has 4 N–H and O–H groups in total. The van der Waals surface area contributed by atoms with Crippen molar-refractivity contribution in [3.8, 4) is 11.5 Å². The third-order valence-corrected chi connectivity index (χ3v) is 4.28. The van der Waals surface area contributed by atoms with Gasteiger partial charge in [0, 0.05) is 12.0 Å². The lowest BCUT2D eigenvalue weighted by molar-refractivity contribution is 0.308. The lowest BCUT2D eigenvalue weighted by Crippen LogP contribution is -2.24. The van der Waals surface area contributed by atoms with Crippen LogP contribution in [0.3, 0.4) is 0 Å². The second kappa shape index (κ2) is 7.68. The Kier molecular flexibility index (Phi) is 5.88. The standard InChI is InChI=1S/C18H23ClN2O2/c1-18(2,14-6-9-17(22)16(19)12-14)13-4-7-15(8-5-13)23-11-3-10-21-20/h4-9,12,21-22H,3,10-11,20H2,1-2H3. The van der Waals surface area contributed by atoms with E-state index in [9.17, 15) is 5.11 Å². The van der Waals surface area contributed by atoms with Crippen molar-refractivity contribution < 1.29 is 9.84 Å². The van der Waals surface area contributed by atoms with Crippen LogP contribution in [0.5, 0.6) is 11.5 Å². The van der Waals surface area contributed by atoms with Gasteiger partial charge in [-0.3, -0.25) is 11.3 Å². The molecule has 0 aliphatic carbocycles. The van der Waals surface area contributed by atoms with Crippen LogP contribution in [0.4, 0.5) is 0 Å². The molecule has 0 bridgehead atoms. The van der Waals surface area contributed by atoms with Crippen LogP contribution in [0.15, 0.2) is 42.5 Å². The lowest BCUT2D eigenvalue weighted by Gasteiger charge is -2.26. The summed E-state index contributed by atoms with van der Waals surface area (Å²) in [6, 6.07) is 13.4. The quantitative estimate of drug-likeness (QED) is 0.411. The Bertz CT molecular complexity index is 642. The number of aromatic hydroxyl groups is 1. The second-order valence-corrected chi connectivity index (χ2v) is 6.38. The van der Waals surface area contributed by atoms with Crippen molar-refractivity contribution in [2.45, 2.75) is 25.7 Å². The first-order valence-electron chi connectivity index (χ1n) is 7.61. The molecule has 0 aliphatic heterocycles. The number of phenolic OH excluding ortho intramolecular Hbond substituents is 1. The second-order valence-electron chi connectivity index (χ2n) is 5.97. The molecule has 2 rings (SSSR count). The highest BCUT2D eigenvalue weighted by atomic mass is 35.5. The molecule has 0 amide bonds. The van der Waals surface area contributed by atoms with Crippen molar-refractivity contribution in [3.05, 3.63) is 58.6 Å². The number of halogens is 1. The molecular weight excluding hydrogens is 312 g/mol. The molecule has 5 heteroatoms. The lowest BCUT2D eigenvalue weighted by atomic mass is 9.78. The number of benzene rings is 2. The highest BCUT2D eigenvalue weighted by Crippen LogP contribution is 2.35. The first kappa shape index (κ1) is 17.6. The van der Waals surface area contributed by atoms with Crippen molar-refractivity contribution in [1.29, 1.82) is 0 Å². The molecule has 0 spiro atoms. The van der Waals surface area contributed by atoms with Crippen LogP contribution < -0.4 is 16.0 Å². The first-order valence-corrected chi connectivity index (χ1v) is 7.98. The van der Waals surface area contributed by atoms with Crippen molar-refractivity contribution in [3.63, 3.8) is 0 Å². The van der Waals surface area contributed by atoms with E-state index < -0.39 is 0 Å². The monoisotopic (exact) mass is 334 g/mol. The Labute approximate surface area is 142 Å². The highest BCUT2D eigenvalue weighted by molar-refractivity contribution is 6.32. The van der Waals surface area contributed by atoms with E-state index in [1.807, 2.05) is 18.2 Å². The Balaban J connectivity index is 2.11. The number of rotatable bonds is 7. The van der Waals surface area contributed by atoms with Gasteiger partial charge in [-0.25, -0.2) is 0 Å². The molecule has 2 aromatic rings. The minimum atomic E-state index is -0.223. The van der Waals surface area contributed by atoms with E-state index in [1.54, 1.807) is 12.1 Å². The molecule has 4 nitrogen and oxygen atoms in total. The van der Waals surface area contributed by atoms with Gasteiger partial charge in [0.25, 0.3) is 0 Å². The fourth-order valence-electron chi connectivity index (χ4n) is 2.39. The minimum absolute atomic E-state index is 0.0990. The molecule has 0 atom stereocenters. The van der Waals surface area contributed by atoms with Gasteiger partial charge < -0.3 is 9.84 Å². The fraction of sp³-hybridized carbons (Fsp3) is 0.333. The zero-order valence-corrected chi connectivity index (χ0v) is 14.2. The fourth-order valence-corrected chi connectivity index (χ4v) is 2.57. The summed E-state index contributed by atoms with van der Waals surface area (Å²) in [6.45, 7) is 5.60. The maximum Gasteiger partial charge on any atom is 0.134 e. The number of nitrogens with two attached hydrogens (primary N) is 1. The Morgan fingerprint density at radius 1 is 1.13 bits per heavy atom. The van der Waals surface area contributed by atoms with Crippen molar-refractivity contribution in [1.82, 2.24) is 5.43 Å². The van der Waals surface area contributed by atoms with Gasteiger partial charge in [0.1, 0.15) is 11.5 Å². The molecule has 23 heavy (non-hydrogen) atoms. The SMILES string of the molecule is CC(C)(c1ccc(OCCCNN)cc1)c1ccc(O)c(Cl)c1. The maximum atomic E-state index is 9.58. The first-order chi connectivity index (χ1) is 10.9. The van der Waals surface area contributed by atoms with E-state index in [4.69, 9.17) is 22.2 Å². The molecule has 0 radical (unpaired) electrons. The summed E-state index contributed by atoms with van der Waals surface area (Å²) in [6.07, 6.45) is 0.857. The minimum Gasteiger partial charge on any atom is -0.506 e. The molecule has 124 valence electrons. The summed E-state index contributed by atoms with van der Waals surface area (Å²) in [4.78, 5) is 0. The summed E-state index contributed by atoms with van der Waals surface area (Å²) < 4.78 is 5.67. The van der Waals surface area contributed by atoms with Gasteiger partial charge in [0.2, 0.25) is 0 Å². The topological polar surface area (TPSA) is 67.5 Å². The van der Waals surface area contributed by atoms with E-state index >= 15 is 0 Å². The molecule has 0 saturated carbocycles. The van der Waals surface area contributed by atoms with Crippen LogP contribution in [0.1, 0.15) is 31.4 Å². The largest absolute Gasteiger partial charge is 0.506 e. The van der Waals surface area contributed by atoms with Gasteiger partial charge in [-0.1, -0.05) is 43.6 Å². The van der Waals surface area contributed by atoms with Gasteiger partial charge in [-0.05, 0) is 41.8 Å². The summed E-state index contributed by atoms with van der Waals surface area (Å²) >= 11 is 6.03. The molecule has 0 heterocycles. The number of phenols is 1. The summed E-state index contributed by atoms with van der Waals surface area (Å²) in [5.41, 5.74) is 4.57. The van der Waals surface area contributed by atoms with Crippen molar-refractivity contribution in [2.75, 3.05) is 13.2 Å². The van der Waals surface area contributed by atoms with E-state index in [0.29, 0.717) is 11.6 Å². The number of hydrogen-bond donors (Lipinski definition) is 3. The van der Waals surface area contributed by atoms with E-state index in [0.717, 1.165) is 29.8 Å². The predicted molar refractivity (Wildman–Crippen MR) is 94.0 cm³/mol. The average Bonchev–Trinajstić information content (AvgIpc) is 2.54. The predicted octanol–water partition coefficient (Wildman–Crippen LogP) is 3.60. The summed E-state index contributed by atoms with van der Waals surface area (Å²) in [5.74, 6) is 6.16. The zero-order valence-electron chi connectivity index (χ0n) is 13.5. The van der Waals surface area contributed by atoms with Crippen LogP contribution in [0.25, 0.3) is 0 Å². The summed E-state index contributed by atoms with van der Waals surface area (Å²) in [7, 11) is 0. The van der Waals surface area contributed by atoms with Gasteiger partial charge >= 0.3 is 0 Å². The van der Waals surface area contributed by atoms with Gasteiger partial charge in [-0.15, -0.1) is 0 Å². The third-order valence-electron chi connectivity index (χ3n) is 3.98. The molecular formula is C18H23ClN2O2. The Hall–Kier alpha value is -1.75. The molecule has 0 aromatic heterocycles. The number of hydrazine groups is 1. The summed E-state index contributed by atoms with van der Waals surface area (Å²) in [5, 5.41) is 9.94. The highest BCUT2D eigenvalue weighted by Gasteiger charge is 2.23. The van der Waals surface area contributed by atoms with Crippen molar-refractivity contribution in [2.24, 2.45) is 5.84 Å². The molecule has 2 aromatic carbocycles. The van der Waals surface area contributed by atoms with E-state index in [-0.39, 0.29) is 11.2 Å². The normalized spacial score (nSPS) is 11.5.